The molecule has 0 atom stereocenters. The molecule has 0 aliphatic heterocycles. The Balaban J connectivity index is 2.23. The number of carbonyl (C=O) groups is 2. The van der Waals surface area contributed by atoms with Gasteiger partial charge in [0.1, 0.15) is 5.15 Å². The van der Waals surface area contributed by atoms with Crippen LogP contribution in [0, 0.1) is 0 Å². The van der Waals surface area contributed by atoms with Gasteiger partial charge in [0.2, 0.25) is 0 Å². The van der Waals surface area contributed by atoms with Crippen LogP contribution < -0.4 is 5.32 Å². The van der Waals surface area contributed by atoms with Gasteiger partial charge in [-0.1, -0.05) is 23.2 Å². The highest BCUT2D eigenvalue weighted by Crippen LogP contribution is 2.20. The van der Waals surface area contributed by atoms with Crippen molar-refractivity contribution in [3.05, 3.63) is 57.8 Å². The average Bonchev–Trinajstić information content (AvgIpc) is 2.38. The number of carboxylic acids is 1. The highest BCUT2D eigenvalue weighted by Gasteiger charge is 2.10. The Kier molecular flexibility index (Phi) is 4.22. The van der Waals surface area contributed by atoms with Crippen LogP contribution in [0.3, 0.4) is 0 Å². The molecular formula is C13H8Cl2N2O3. The van der Waals surface area contributed by atoms with Crippen molar-refractivity contribution in [3.63, 3.8) is 0 Å². The van der Waals surface area contributed by atoms with Gasteiger partial charge in [0.05, 0.1) is 11.1 Å². The zero-order valence-corrected chi connectivity index (χ0v) is 11.4. The number of nitrogens with zero attached hydrogens (tertiary/aromatic N) is 1. The van der Waals surface area contributed by atoms with Gasteiger partial charge < -0.3 is 10.4 Å². The summed E-state index contributed by atoms with van der Waals surface area (Å²) in [6, 6.07) is 7.05. The first-order chi connectivity index (χ1) is 9.45. The number of nitrogens with one attached hydrogen (secondary N) is 1. The van der Waals surface area contributed by atoms with E-state index in [0.717, 1.165) is 0 Å². The normalized spacial score (nSPS) is 10.1. The summed E-state index contributed by atoms with van der Waals surface area (Å²) >= 11 is 11.4. The van der Waals surface area contributed by atoms with E-state index in [1.54, 1.807) is 0 Å². The molecule has 0 saturated carbocycles. The van der Waals surface area contributed by atoms with E-state index in [4.69, 9.17) is 28.3 Å². The molecule has 0 aliphatic rings. The quantitative estimate of drug-likeness (QED) is 0.852. The first-order valence-corrected chi connectivity index (χ1v) is 6.18. The summed E-state index contributed by atoms with van der Waals surface area (Å²) in [5.41, 5.74) is 0.572. The number of rotatable bonds is 3. The summed E-state index contributed by atoms with van der Waals surface area (Å²) in [6.45, 7) is 0. The van der Waals surface area contributed by atoms with Gasteiger partial charge in [-0.3, -0.25) is 4.79 Å². The molecule has 0 aliphatic carbocycles. The fourth-order valence-electron chi connectivity index (χ4n) is 1.50. The minimum atomic E-state index is -1.13. The maximum atomic E-state index is 11.9. The summed E-state index contributed by atoms with van der Waals surface area (Å²) in [5.74, 6) is -1.57. The molecule has 0 fully saturated rings. The average molecular weight is 311 g/mol. The third-order valence-electron chi connectivity index (χ3n) is 2.39. The Bertz CT molecular complexity index is 672. The molecule has 1 aromatic carbocycles. The molecule has 0 bridgehead atoms. The highest BCUT2D eigenvalue weighted by atomic mass is 35.5. The molecular weight excluding hydrogens is 303 g/mol. The zero-order valence-electron chi connectivity index (χ0n) is 9.93. The van der Waals surface area contributed by atoms with Crippen LogP contribution in [0.15, 0.2) is 36.5 Å². The van der Waals surface area contributed by atoms with Crippen molar-refractivity contribution in [3.8, 4) is 0 Å². The van der Waals surface area contributed by atoms with E-state index in [1.807, 2.05) is 0 Å². The van der Waals surface area contributed by atoms with Crippen LogP contribution in [-0.4, -0.2) is 22.0 Å². The lowest BCUT2D eigenvalue weighted by Gasteiger charge is -2.07. The molecule has 1 heterocycles. The van der Waals surface area contributed by atoms with Gasteiger partial charge in [0.15, 0.2) is 0 Å². The topological polar surface area (TPSA) is 79.3 Å². The van der Waals surface area contributed by atoms with Crippen LogP contribution in [0.25, 0.3) is 0 Å². The van der Waals surface area contributed by atoms with E-state index >= 15 is 0 Å². The summed E-state index contributed by atoms with van der Waals surface area (Å²) in [4.78, 5) is 26.6. The number of carbonyl (C=O) groups excluding carboxylic acids is 1. The van der Waals surface area contributed by atoms with Crippen molar-refractivity contribution in [2.24, 2.45) is 0 Å². The Labute approximate surface area is 124 Å². The van der Waals surface area contributed by atoms with Gasteiger partial charge in [-0.05, 0) is 30.3 Å². The second-order valence-corrected chi connectivity index (χ2v) is 4.68. The van der Waals surface area contributed by atoms with Crippen LogP contribution in [0.4, 0.5) is 5.69 Å². The lowest BCUT2D eigenvalue weighted by atomic mass is 10.2. The van der Waals surface area contributed by atoms with Crippen LogP contribution in [0.5, 0.6) is 0 Å². The largest absolute Gasteiger partial charge is 0.478 e. The van der Waals surface area contributed by atoms with Gasteiger partial charge in [0, 0.05) is 16.9 Å². The van der Waals surface area contributed by atoms with Gasteiger partial charge >= 0.3 is 5.97 Å². The molecule has 2 aromatic rings. The van der Waals surface area contributed by atoms with Crippen molar-refractivity contribution >= 4 is 40.8 Å². The van der Waals surface area contributed by atoms with E-state index in [1.165, 1.54) is 36.5 Å². The number of aromatic carboxylic acids is 1. The smallest absolute Gasteiger partial charge is 0.335 e. The second-order valence-electron chi connectivity index (χ2n) is 3.86. The van der Waals surface area contributed by atoms with Gasteiger partial charge in [-0.25, -0.2) is 9.78 Å². The van der Waals surface area contributed by atoms with Crippen LogP contribution in [0.1, 0.15) is 20.7 Å². The minimum absolute atomic E-state index is 0.0120. The third-order valence-corrected chi connectivity index (χ3v) is 2.83. The number of anilines is 1. The monoisotopic (exact) mass is 310 g/mol. The maximum Gasteiger partial charge on any atom is 0.335 e. The first kappa shape index (κ1) is 14.3. The molecule has 0 unspecified atom stereocenters. The van der Waals surface area contributed by atoms with Crippen molar-refractivity contribution in [2.45, 2.75) is 0 Å². The molecule has 1 amide bonds. The number of aromatic nitrogens is 1. The fourth-order valence-corrected chi connectivity index (χ4v) is 1.85. The van der Waals surface area contributed by atoms with E-state index in [0.29, 0.717) is 5.56 Å². The van der Waals surface area contributed by atoms with E-state index in [-0.39, 0.29) is 21.4 Å². The standard InChI is InChI=1S/C13H8Cl2N2O3/c14-9-3-8(13(19)20)4-10(5-9)17-12(18)7-1-2-11(15)16-6-7/h1-6H,(H,17,18)(H,19,20). The predicted molar refractivity (Wildman–Crippen MR) is 75.6 cm³/mol. The van der Waals surface area contributed by atoms with Crippen LogP contribution in [0.2, 0.25) is 10.2 Å². The van der Waals surface area contributed by atoms with Crippen molar-refractivity contribution in [1.29, 1.82) is 0 Å². The van der Waals surface area contributed by atoms with Gasteiger partial charge in [-0.15, -0.1) is 0 Å². The Hall–Kier alpha value is -2.11. The highest BCUT2D eigenvalue weighted by molar-refractivity contribution is 6.31. The summed E-state index contributed by atoms with van der Waals surface area (Å²) in [7, 11) is 0. The number of halogens is 2. The van der Waals surface area contributed by atoms with E-state index in [2.05, 4.69) is 10.3 Å². The zero-order chi connectivity index (χ0) is 14.7. The minimum Gasteiger partial charge on any atom is -0.478 e. The molecule has 5 nitrogen and oxygen atoms in total. The summed E-state index contributed by atoms with van der Waals surface area (Å²) < 4.78 is 0. The van der Waals surface area contributed by atoms with Gasteiger partial charge in [-0.2, -0.15) is 0 Å². The van der Waals surface area contributed by atoms with Crippen molar-refractivity contribution in [1.82, 2.24) is 4.98 Å². The van der Waals surface area contributed by atoms with Crippen LogP contribution in [-0.2, 0) is 0 Å². The lowest BCUT2D eigenvalue weighted by Crippen LogP contribution is -2.12. The number of carboxylic acid groups (broad SMARTS) is 1. The molecule has 102 valence electrons. The van der Waals surface area contributed by atoms with Crippen molar-refractivity contribution in [2.75, 3.05) is 5.32 Å². The Morgan fingerprint density at radius 3 is 2.45 bits per heavy atom. The molecule has 0 radical (unpaired) electrons. The lowest BCUT2D eigenvalue weighted by molar-refractivity contribution is 0.0696. The molecule has 1 aromatic heterocycles. The van der Waals surface area contributed by atoms with Gasteiger partial charge in [0.25, 0.3) is 5.91 Å². The summed E-state index contributed by atoms with van der Waals surface area (Å²) in [6.07, 6.45) is 1.32. The number of hydrogen-bond donors (Lipinski definition) is 2. The summed E-state index contributed by atoms with van der Waals surface area (Å²) in [5, 5.41) is 12.0. The molecule has 20 heavy (non-hydrogen) atoms. The number of amides is 1. The Morgan fingerprint density at radius 2 is 1.85 bits per heavy atom. The van der Waals surface area contributed by atoms with Crippen molar-refractivity contribution < 1.29 is 14.7 Å². The molecule has 0 saturated heterocycles. The van der Waals surface area contributed by atoms with E-state index < -0.39 is 11.9 Å². The molecule has 0 spiro atoms. The molecule has 7 heteroatoms. The van der Waals surface area contributed by atoms with Crippen LogP contribution >= 0.6 is 23.2 Å². The maximum absolute atomic E-state index is 11.9. The number of hydrogen-bond acceptors (Lipinski definition) is 3. The predicted octanol–water partition coefficient (Wildman–Crippen LogP) is 3.34. The Morgan fingerprint density at radius 1 is 1.10 bits per heavy atom. The molecule has 2 rings (SSSR count). The number of pyridine rings is 1. The molecule has 2 N–H and O–H groups in total. The van der Waals surface area contributed by atoms with E-state index in [9.17, 15) is 9.59 Å². The third kappa shape index (κ3) is 3.46. The first-order valence-electron chi connectivity index (χ1n) is 5.42. The number of benzene rings is 1. The second kappa shape index (κ2) is 5.90. The fraction of sp³-hybridized carbons (Fsp3) is 0. The SMILES string of the molecule is O=C(O)c1cc(Cl)cc(NC(=O)c2ccc(Cl)nc2)c1.